The molecule has 0 aromatic heterocycles. The number of aliphatic hydroxyl groups excluding tert-OH is 1. The van der Waals surface area contributed by atoms with E-state index in [-0.39, 0.29) is 12.5 Å². The molecule has 1 amide bonds. The van der Waals surface area contributed by atoms with E-state index in [9.17, 15) is 4.79 Å². The highest BCUT2D eigenvalue weighted by Crippen LogP contribution is 2.20. The molecule has 1 fully saturated rings. The molecule has 1 aromatic carbocycles. The van der Waals surface area contributed by atoms with Crippen molar-refractivity contribution in [2.24, 2.45) is 5.92 Å². The third-order valence-electron chi connectivity index (χ3n) is 4.13. The van der Waals surface area contributed by atoms with E-state index in [2.05, 4.69) is 13.0 Å². The molecule has 0 radical (unpaired) electrons. The van der Waals surface area contributed by atoms with Crippen molar-refractivity contribution in [3.8, 4) is 5.75 Å². The molecule has 4 heteroatoms. The van der Waals surface area contributed by atoms with E-state index < -0.39 is 0 Å². The van der Waals surface area contributed by atoms with Crippen LogP contribution in [0.5, 0.6) is 5.75 Å². The second-order valence-corrected chi connectivity index (χ2v) is 5.87. The van der Waals surface area contributed by atoms with Crippen molar-refractivity contribution >= 4 is 5.91 Å². The number of nitrogens with zero attached hydrogens (tertiary/aromatic N) is 1. The molecule has 0 unspecified atom stereocenters. The summed E-state index contributed by atoms with van der Waals surface area (Å²) in [6.07, 6.45) is 2.22. The summed E-state index contributed by atoms with van der Waals surface area (Å²) in [7, 11) is 0. The summed E-state index contributed by atoms with van der Waals surface area (Å²) in [5.41, 5.74) is 2.31. The van der Waals surface area contributed by atoms with Crippen LogP contribution in [0, 0.1) is 19.8 Å². The van der Waals surface area contributed by atoms with E-state index in [4.69, 9.17) is 9.84 Å². The Kier molecular flexibility index (Phi) is 5.62. The van der Waals surface area contributed by atoms with Gasteiger partial charge >= 0.3 is 0 Å². The Labute approximate surface area is 126 Å². The van der Waals surface area contributed by atoms with Gasteiger partial charge in [0, 0.05) is 19.7 Å². The summed E-state index contributed by atoms with van der Waals surface area (Å²) in [5.74, 6) is 1.36. The third-order valence-corrected chi connectivity index (χ3v) is 4.13. The van der Waals surface area contributed by atoms with Crippen LogP contribution in [0.1, 0.15) is 30.4 Å². The van der Waals surface area contributed by atoms with Gasteiger partial charge in [-0.05, 0) is 44.2 Å². The van der Waals surface area contributed by atoms with Gasteiger partial charge in [0.15, 0.2) is 0 Å². The molecule has 0 aliphatic carbocycles. The molecule has 21 heavy (non-hydrogen) atoms. The Hall–Kier alpha value is -1.55. The summed E-state index contributed by atoms with van der Waals surface area (Å²) in [6, 6.07) is 6.06. The Morgan fingerprint density at radius 2 is 2.05 bits per heavy atom. The molecule has 1 saturated heterocycles. The predicted molar refractivity (Wildman–Crippen MR) is 82.4 cm³/mol. The van der Waals surface area contributed by atoms with E-state index >= 15 is 0 Å². The van der Waals surface area contributed by atoms with Crippen molar-refractivity contribution in [1.29, 1.82) is 0 Å². The minimum absolute atomic E-state index is 0.149. The maximum Gasteiger partial charge on any atom is 0.225 e. The molecule has 1 aliphatic heterocycles. The molecule has 1 aromatic rings. The van der Waals surface area contributed by atoms with E-state index in [1.54, 1.807) is 0 Å². The van der Waals surface area contributed by atoms with Crippen LogP contribution in [0.3, 0.4) is 0 Å². The van der Waals surface area contributed by atoms with Crippen LogP contribution < -0.4 is 4.74 Å². The Morgan fingerprint density at radius 1 is 1.33 bits per heavy atom. The maximum absolute atomic E-state index is 12.1. The van der Waals surface area contributed by atoms with E-state index in [1.165, 1.54) is 5.56 Å². The highest BCUT2D eigenvalue weighted by Gasteiger charge is 2.21. The van der Waals surface area contributed by atoms with Gasteiger partial charge in [-0.3, -0.25) is 4.79 Å². The number of likely N-dealkylation sites (tertiary alicyclic amines) is 1. The number of aryl methyl sites for hydroxylation is 2. The Bertz CT molecular complexity index is 479. The number of aliphatic hydroxyl groups is 1. The number of rotatable bonds is 5. The van der Waals surface area contributed by atoms with Crippen LogP contribution >= 0.6 is 0 Å². The molecule has 0 bridgehead atoms. The monoisotopic (exact) mass is 291 g/mol. The number of carbonyl (C=O) groups is 1. The zero-order valence-electron chi connectivity index (χ0n) is 13.0. The van der Waals surface area contributed by atoms with Gasteiger partial charge in [-0.25, -0.2) is 0 Å². The first-order chi connectivity index (χ1) is 10.1. The number of amides is 1. The summed E-state index contributed by atoms with van der Waals surface area (Å²) in [6.45, 7) is 6.24. The lowest BCUT2D eigenvalue weighted by molar-refractivity contribution is -0.133. The van der Waals surface area contributed by atoms with Crippen molar-refractivity contribution < 1.29 is 14.6 Å². The van der Waals surface area contributed by atoms with Crippen molar-refractivity contribution in [1.82, 2.24) is 4.90 Å². The standard InChI is InChI=1S/C17H25NO3/c1-13-3-4-16(14(2)11-13)21-10-7-17(20)18-8-5-15(12-19)6-9-18/h3-4,11,15,19H,5-10,12H2,1-2H3. The number of benzene rings is 1. The molecule has 2 rings (SSSR count). The molecule has 0 atom stereocenters. The lowest BCUT2D eigenvalue weighted by Gasteiger charge is -2.31. The quantitative estimate of drug-likeness (QED) is 0.905. The van der Waals surface area contributed by atoms with Crippen LogP contribution in [0.25, 0.3) is 0 Å². The fraction of sp³-hybridized carbons (Fsp3) is 0.588. The summed E-state index contributed by atoms with van der Waals surface area (Å²) in [4.78, 5) is 14.0. The zero-order chi connectivity index (χ0) is 15.2. The van der Waals surface area contributed by atoms with Gasteiger partial charge in [0.1, 0.15) is 5.75 Å². The fourth-order valence-electron chi connectivity index (χ4n) is 2.73. The van der Waals surface area contributed by atoms with Gasteiger partial charge in [-0.2, -0.15) is 0 Å². The van der Waals surface area contributed by atoms with Crippen LogP contribution in [0.4, 0.5) is 0 Å². The van der Waals surface area contributed by atoms with Gasteiger partial charge < -0.3 is 14.7 Å². The van der Waals surface area contributed by atoms with Crippen molar-refractivity contribution in [2.45, 2.75) is 33.1 Å². The van der Waals surface area contributed by atoms with Crippen LogP contribution in [0.15, 0.2) is 18.2 Å². The molecule has 1 N–H and O–H groups in total. The van der Waals surface area contributed by atoms with Gasteiger partial charge in [0.05, 0.1) is 13.0 Å². The summed E-state index contributed by atoms with van der Waals surface area (Å²) in [5, 5.41) is 9.11. The van der Waals surface area contributed by atoms with Crippen molar-refractivity contribution in [3.05, 3.63) is 29.3 Å². The first kappa shape index (κ1) is 15.8. The third kappa shape index (κ3) is 4.46. The average molecular weight is 291 g/mol. The molecule has 1 aliphatic rings. The van der Waals surface area contributed by atoms with E-state index in [0.29, 0.717) is 18.9 Å². The van der Waals surface area contributed by atoms with E-state index in [0.717, 1.165) is 37.2 Å². The summed E-state index contributed by atoms with van der Waals surface area (Å²) >= 11 is 0. The lowest BCUT2D eigenvalue weighted by atomic mass is 9.98. The molecular formula is C17H25NO3. The smallest absolute Gasteiger partial charge is 0.225 e. The van der Waals surface area contributed by atoms with Crippen molar-refractivity contribution in [2.75, 3.05) is 26.3 Å². The predicted octanol–water partition coefficient (Wildman–Crippen LogP) is 2.30. The second-order valence-electron chi connectivity index (χ2n) is 5.87. The Balaban J connectivity index is 1.74. The molecule has 1 heterocycles. The summed E-state index contributed by atoms with van der Waals surface area (Å²) < 4.78 is 5.71. The first-order valence-electron chi connectivity index (χ1n) is 7.69. The van der Waals surface area contributed by atoms with Crippen LogP contribution in [0.2, 0.25) is 0 Å². The number of hydrogen-bond donors (Lipinski definition) is 1. The minimum atomic E-state index is 0.149. The highest BCUT2D eigenvalue weighted by atomic mass is 16.5. The average Bonchev–Trinajstić information content (AvgIpc) is 2.49. The normalized spacial score (nSPS) is 16.0. The minimum Gasteiger partial charge on any atom is -0.493 e. The highest BCUT2D eigenvalue weighted by molar-refractivity contribution is 5.76. The number of piperidine rings is 1. The molecular weight excluding hydrogens is 266 g/mol. The maximum atomic E-state index is 12.1. The molecule has 4 nitrogen and oxygen atoms in total. The number of hydrogen-bond acceptors (Lipinski definition) is 3. The SMILES string of the molecule is Cc1ccc(OCCC(=O)N2CCC(CO)CC2)c(C)c1. The number of carbonyl (C=O) groups excluding carboxylic acids is 1. The van der Waals surface area contributed by atoms with E-state index in [1.807, 2.05) is 24.0 Å². The lowest BCUT2D eigenvalue weighted by Crippen LogP contribution is -2.39. The fourth-order valence-corrected chi connectivity index (χ4v) is 2.73. The molecule has 0 saturated carbocycles. The largest absolute Gasteiger partial charge is 0.493 e. The molecule has 116 valence electrons. The van der Waals surface area contributed by atoms with Crippen LogP contribution in [-0.2, 0) is 4.79 Å². The van der Waals surface area contributed by atoms with Crippen molar-refractivity contribution in [3.63, 3.8) is 0 Å². The van der Waals surface area contributed by atoms with Gasteiger partial charge in [0.25, 0.3) is 0 Å². The van der Waals surface area contributed by atoms with Gasteiger partial charge in [-0.15, -0.1) is 0 Å². The van der Waals surface area contributed by atoms with Gasteiger partial charge in [0.2, 0.25) is 5.91 Å². The number of ether oxygens (including phenoxy) is 1. The molecule has 0 spiro atoms. The first-order valence-corrected chi connectivity index (χ1v) is 7.69. The topological polar surface area (TPSA) is 49.8 Å². The second kappa shape index (κ2) is 7.46. The van der Waals surface area contributed by atoms with Crippen LogP contribution in [-0.4, -0.2) is 42.2 Å². The Morgan fingerprint density at radius 3 is 2.67 bits per heavy atom. The zero-order valence-corrected chi connectivity index (χ0v) is 13.0. The van der Waals surface area contributed by atoms with Gasteiger partial charge in [-0.1, -0.05) is 17.7 Å².